The highest BCUT2D eigenvalue weighted by Crippen LogP contribution is 2.30. The van der Waals surface area contributed by atoms with Crippen molar-refractivity contribution in [1.29, 1.82) is 0 Å². The van der Waals surface area contributed by atoms with Crippen molar-refractivity contribution in [2.24, 2.45) is 0 Å². The minimum absolute atomic E-state index is 0.0286. The molecule has 1 aliphatic carbocycles. The second kappa shape index (κ2) is 7.75. The Kier molecular flexibility index (Phi) is 5.96. The zero-order valence-corrected chi connectivity index (χ0v) is 14.0. The predicted octanol–water partition coefficient (Wildman–Crippen LogP) is 2.68. The molecule has 1 fully saturated rings. The molecule has 2 N–H and O–H groups in total. The summed E-state index contributed by atoms with van der Waals surface area (Å²) in [5, 5.41) is 5.21. The van der Waals surface area contributed by atoms with Crippen LogP contribution in [0.2, 0.25) is 5.02 Å². The van der Waals surface area contributed by atoms with Crippen LogP contribution in [0.25, 0.3) is 0 Å². The number of nitrogens with one attached hydrogen (secondary N) is 2. The van der Waals surface area contributed by atoms with Crippen LogP contribution in [0.15, 0.2) is 18.2 Å². The molecule has 126 valence electrons. The van der Waals surface area contributed by atoms with E-state index in [1.807, 2.05) is 4.90 Å². The molecule has 0 atom stereocenters. The SMILES string of the molecule is CC(C)NC(=O)NC(=O)CN(Cc1c(F)cccc1Cl)C1CC1. The van der Waals surface area contributed by atoms with Crippen molar-refractivity contribution < 1.29 is 14.0 Å². The summed E-state index contributed by atoms with van der Waals surface area (Å²) in [4.78, 5) is 25.4. The third kappa shape index (κ3) is 5.48. The zero-order valence-electron chi connectivity index (χ0n) is 13.2. The fraction of sp³-hybridized carbons (Fsp3) is 0.500. The summed E-state index contributed by atoms with van der Waals surface area (Å²) in [6, 6.07) is 4.17. The van der Waals surface area contributed by atoms with E-state index in [0.29, 0.717) is 10.6 Å². The normalized spacial score (nSPS) is 14.2. The first-order valence-corrected chi connectivity index (χ1v) is 8.02. The minimum Gasteiger partial charge on any atom is -0.336 e. The summed E-state index contributed by atoms with van der Waals surface area (Å²) in [5.41, 5.74) is 0.375. The molecule has 0 unspecified atom stereocenters. The lowest BCUT2D eigenvalue weighted by atomic mass is 10.2. The van der Waals surface area contributed by atoms with Crippen LogP contribution in [0.5, 0.6) is 0 Å². The van der Waals surface area contributed by atoms with Crippen LogP contribution in [-0.4, -0.2) is 35.5 Å². The van der Waals surface area contributed by atoms with Crippen LogP contribution in [0, 0.1) is 5.82 Å². The third-order valence-corrected chi connectivity index (χ3v) is 3.86. The van der Waals surface area contributed by atoms with E-state index in [-0.39, 0.29) is 31.0 Å². The Morgan fingerprint density at radius 3 is 2.65 bits per heavy atom. The number of nitrogens with zero attached hydrogens (tertiary/aromatic N) is 1. The first-order valence-electron chi connectivity index (χ1n) is 7.64. The molecular formula is C16H21ClFN3O2. The summed E-state index contributed by atoms with van der Waals surface area (Å²) in [6.45, 7) is 3.89. The van der Waals surface area contributed by atoms with Crippen molar-refractivity contribution in [3.05, 3.63) is 34.6 Å². The van der Waals surface area contributed by atoms with Gasteiger partial charge in [0, 0.05) is 29.2 Å². The van der Waals surface area contributed by atoms with Gasteiger partial charge in [-0.3, -0.25) is 15.0 Å². The number of rotatable bonds is 6. The van der Waals surface area contributed by atoms with E-state index in [1.165, 1.54) is 6.07 Å². The number of hydrogen-bond donors (Lipinski definition) is 2. The van der Waals surface area contributed by atoms with Gasteiger partial charge in [0.05, 0.1) is 6.54 Å². The van der Waals surface area contributed by atoms with Crippen molar-refractivity contribution >= 4 is 23.5 Å². The fourth-order valence-electron chi connectivity index (χ4n) is 2.29. The molecule has 23 heavy (non-hydrogen) atoms. The van der Waals surface area contributed by atoms with Crippen molar-refractivity contribution in [2.45, 2.75) is 45.3 Å². The molecule has 1 aromatic rings. The standard InChI is InChI=1S/C16H21ClFN3O2/c1-10(2)19-16(23)20-15(22)9-21(11-6-7-11)8-12-13(17)4-3-5-14(12)18/h3-5,10-11H,6-9H2,1-2H3,(H2,19,20,22,23). The highest BCUT2D eigenvalue weighted by atomic mass is 35.5. The van der Waals surface area contributed by atoms with E-state index >= 15 is 0 Å². The van der Waals surface area contributed by atoms with Crippen LogP contribution >= 0.6 is 11.6 Å². The molecule has 7 heteroatoms. The second-order valence-corrected chi connectivity index (χ2v) is 6.42. The molecular weight excluding hydrogens is 321 g/mol. The van der Waals surface area contributed by atoms with Gasteiger partial charge in [-0.2, -0.15) is 0 Å². The fourth-order valence-corrected chi connectivity index (χ4v) is 2.51. The second-order valence-electron chi connectivity index (χ2n) is 6.01. The molecule has 0 aromatic heterocycles. The maximum absolute atomic E-state index is 13.9. The van der Waals surface area contributed by atoms with Gasteiger partial charge in [0.2, 0.25) is 5.91 Å². The zero-order chi connectivity index (χ0) is 17.0. The molecule has 5 nitrogen and oxygen atoms in total. The third-order valence-electron chi connectivity index (χ3n) is 3.51. The molecule has 1 saturated carbocycles. The maximum atomic E-state index is 13.9. The monoisotopic (exact) mass is 341 g/mol. The highest BCUT2D eigenvalue weighted by molar-refractivity contribution is 6.31. The Morgan fingerprint density at radius 2 is 2.09 bits per heavy atom. The Morgan fingerprint density at radius 1 is 1.39 bits per heavy atom. The Labute approximate surface area is 140 Å². The van der Waals surface area contributed by atoms with Crippen molar-refractivity contribution in [3.63, 3.8) is 0 Å². The molecule has 0 heterocycles. The summed E-state index contributed by atoms with van der Waals surface area (Å²) < 4.78 is 13.9. The van der Waals surface area contributed by atoms with E-state index in [9.17, 15) is 14.0 Å². The van der Waals surface area contributed by atoms with Gasteiger partial charge in [0.25, 0.3) is 0 Å². The molecule has 3 amide bonds. The number of urea groups is 1. The van der Waals surface area contributed by atoms with Crippen LogP contribution in [0.1, 0.15) is 32.3 Å². The maximum Gasteiger partial charge on any atom is 0.321 e. The smallest absolute Gasteiger partial charge is 0.321 e. The highest BCUT2D eigenvalue weighted by Gasteiger charge is 2.31. The van der Waals surface area contributed by atoms with Crippen LogP contribution in [0.4, 0.5) is 9.18 Å². The Hall–Kier alpha value is -1.66. The number of amides is 3. The number of carbonyl (C=O) groups excluding carboxylic acids is 2. The number of imide groups is 1. The Balaban J connectivity index is 1.97. The van der Waals surface area contributed by atoms with Gasteiger partial charge in [-0.25, -0.2) is 9.18 Å². The lowest BCUT2D eigenvalue weighted by molar-refractivity contribution is -0.121. The molecule has 1 aliphatic rings. The van der Waals surface area contributed by atoms with E-state index in [2.05, 4.69) is 10.6 Å². The van der Waals surface area contributed by atoms with Crippen molar-refractivity contribution in [3.8, 4) is 0 Å². The van der Waals surface area contributed by atoms with Gasteiger partial charge >= 0.3 is 6.03 Å². The van der Waals surface area contributed by atoms with Gasteiger partial charge < -0.3 is 5.32 Å². The molecule has 1 aromatic carbocycles. The van der Waals surface area contributed by atoms with Gasteiger partial charge in [0.1, 0.15) is 5.82 Å². The first-order chi connectivity index (χ1) is 10.9. The summed E-state index contributed by atoms with van der Waals surface area (Å²) >= 11 is 6.05. The Bertz CT molecular complexity index is 570. The van der Waals surface area contributed by atoms with Crippen molar-refractivity contribution in [2.75, 3.05) is 6.54 Å². The van der Waals surface area contributed by atoms with Gasteiger partial charge in [0.15, 0.2) is 0 Å². The number of hydrogen-bond acceptors (Lipinski definition) is 3. The van der Waals surface area contributed by atoms with Gasteiger partial charge in [-0.15, -0.1) is 0 Å². The number of benzene rings is 1. The number of carbonyl (C=O) groups is 2. The van der Waals surface area contributed by atoms with Gasteiger partial charge in [-0.05, 0) is 38.8 Å². The average molecular weight is 342 g/mol. The number of halogens is 2. The minimum atomic E-state index is -0.523. The van der Waals surface area contributed by atoms with Crippen LogP contribution < -0.4 is 10.6 Å². The molecule has 0 radical (unpaired) electrons. The largest absolute Gasteiger partial charge is 0.336 e. The van der Waals surface area contributed by atoms with E-state index in [0.717, 1.165) is 12.8 Å². The van der Waals surface area contributed by atoms with Crippen LogP contribution in [-0.2, 0) is 11.3 Å². The summed E-state index contributed by atoms with van der Waals surface area (Å²) in [6.07, 6.45) is 1.91. The van der Waals surface area contributed by atoms with E-state index in [4.69, 9.17) is 11.6 Å². The molecule has 0 saturated heterocycles. The predicted molar refractivity (Wildman–Crippen MR) is 86.7 cm³/mol. The van der Waals surface area contributed by atoms with E-state index < -0.39 is 11.9 Å². The first kappa shape index (κ1) is 17.7. The summed E-state index contributed by atoms with van der Waals surface area (Å²) in [7, 11) is 0. The molecule has 0 aliphatic heterocycles. The molecule has 2 rings (SSSR count). The van der Waals surface area contributed by atoms with Crippen LogP contribution in [0.3, 0.4) is 0 Å². The molecule has 0 spiro atoms. The molecule has 0 bridgehead atoms. The lowest BCUT2D eigenvalue weighted by Gasteiger charge is -2.22. The lowest BCUT2D eigenvalue weighted by Crippen LogP contribution is -2.46. The van der Waals surface area contributed by atoms with Gasteiger partial charge in [-0.1, -0.05) is 17.7 Å². The average Bonchev–Trinajstić information content (AvgIpc) is 3.25. The topological polar surface area (TPSA) is 61.4 Å². The quantitative estimate of drug-likeness (QED) is 0.836. The summed E-state index contributed by atoms with van der Waals surface area (Å²) in [5.74, 6) is -0.802. The van der Waals surface area contributed by atoms with E-state index in [1.54, 1.807) is 26.0 Å². The van der Waals surface area contributed by atoms with Crippen molar-refractivity contribution in [1.82, 2.24) is 15.5 Å².